The second kappa shape index (κ2) is 12.9. The van der Waals surface area contributed by atoms with Crippen molar-refractivity contribution in [3.05, 3.63) is 70.0 Å². The van der Waals surface area contributed by atoms with Crippen molar-refractivity contribution in [2.45, 2.75) is 69.8 Å². The molecule has 226 valence electrons. The van der Waals surface area contributed by atoms with Gasteiger partial charge in [0.2, 0.25) is 11.8 Å². The summed E-state index contributed by atoms with van der Waals surface area (Å²) in [5.41, 5.74) is 4.46. The summed E-state index contributed by atoms with van der Waals surface area (Å²) in [5, 5.41) is 21.2. The highest BCUT2D eigenvalue weighted by atomic mass is 35.5. The minimum Gasteiger partial charge on any atom is -0.508 e. The van der Waals surface area contributed by atoms with Gasteiger partial charge in [0, 0.05) is 19.3 Å². The Morgan fingerprint density at radius 3 is 2.70 bits per heavy atom. The third-order valence-corrected chi connectivity index (χ3v) is 9.91. The number of phenolic OH excluding ortho intramolecular Hbond substituents is 1. The Morgan fingerprint density at radius 2 is 1.98 bits per heavy atom. The molecular formula is C33H38BClN2O6. The molecule has 0 spiro atoms. The quantitative estimate of drug-likeness (QED) is 0.231. The van der Waals surface area contributed by atoms with Gasteiger partial charge in [-0.05, 0) is 103 Å². The highest BCUT2D eigenvalue weighted by Gasteiger charge is 2.58. The van der Waals surface area contributed by atoms with Gasteiger partial charge in [-0.1, -0.05) is 36.9 Å². The summed E-state index contributed by atoms with van der Waals surface area (Å²) in [6.07, 6.45) is 10.0. The molecule has 6 rings (SSSR count). The number of phenols is 1. The first kappa shape index (κ1) is 30.1. The number of hydrogen-bond donors (Lipinski definition) is 2. The predicted molar refractivity (Wildman–Crippen MR) is 165 cm³/mol. The number of nitrogens with zero attached hydrogens (tertiary/aromatic N) is 2. The average Bonchev–Trinajstić information content (AvgIpc) is 3.26. The fourth-order valence-corrected chi connectivity index (χ4v) is 7.96. The van der Waals surface area contributed by atoms with Gasteiger partial charge in [-0.3, -0.25) is 19.5 Å². The van der Waals surface area contributed by atoms with Crippen LogP contribution in [0.3, 0.4) is 0 Å². The van der Waals surface area contributed by atoms with Gasteiger partial charge in [0.05, 0.1) is 35.3 Å². The minimum atomic E-state index is -1.04. The fourth-order valence-electron chi connectivity index (χ4n) is 7.73. The van der Waals surface area contributed by atoms with E-state index in [1.54, 1.807) is 30.3 Å². The van der Waals surface area contributed by atoms with Crippen LogP contribution in [0, 0.1) is 17.8 Å². The Balaban J connectivity index is 1.31. The largest absolute Gasteiger partial charge is 0.508 e. The van der Waals surface area contributed by atoms with Crippen molar-refractivity contribution in [2.75, 3.05) is 13.7 Å². The molecule has 2 saturated heterocycles. The molecule has 0 unspecified atom stereocenters. The van der Waals surface area contributed by atoms with Gasteiger partial charge in [0.1, 0.15) is 5.75 Å². The highest BCUT2D eigenvalue weighted by molar-refractivity contribution is 6.43. The van der Waals surface area contributed by atoms with Crippen LogP contribution in [0.1, 0.15) is 62.6 Å². The molecule has 1 saturated carbocycles. The number of halogens is 1. The van der Waals surface area contributed by atoms with E-state index in [4.69, 9.17) is 21.0 Å². The van der Waals surface area contributed by atoms with Crippen molar-refractivity contribution in [1.82, 2.24) is 9.88 Å². The first-order chi connectivity index (χ1) is 20.9. The molecule has 0 bridgehead atoms. The Labute approximate surface area is 257 Å². The fraction of sp³-hybridized carbons (Fsp3) is 0.485. The number of fused-ring (bicyclic) bond motifs is 3. The van der Waals surface area contributed by atoms with Gasteiger partial charge in [0.25, 0.3) is 0 Å². The third kappa shape index (κ3) is 6.05. The van der Waals surface area contributed by atoms with Crippen molar-refractivity contribution in [2.24, 2.45) is 17.8 Å². The van der Waals surface area contributed by atoms with Crippen LogP contribution in [0.15, 0.2) is 53.7 Å². The van der Waals surface area contributed by atoms with Gasteiger partial charge >= 0.3 is 7.12 Å². The zero-order chi connectivity index (χ0) is 30.1. The molecule has 3 heterocycles. The number of pyridine rings is 1. The number of likely N-dealkylation sites (tertiary alicyclic amines) is 1. The maximum atomic E-state index is 14.0. The number of aromatic hydroxyl groups is 1. The van der Waals surface area contributed by atoms with Crippen molar-refractivity contribution in [3.63, 3.8) is 0 Å². The molecule has 43 heavy (non-hydrogen) atoms. The molecule has 0 radical (unpaired) electrons. The molecule has 2 amide bonds. The van der Waals surface area contributed by atoms with Gasteiger partial charge in [-0.25, -0.2) is 0 Å². The summed E-state index contributed by atoms with van der Waals surface area (Å²) in [6.45, 7) is 0.349. The lowest BCUT2D eigenvalue weighted by molar-refractivity contribution is -0.143. The lowest BCUT2D eigenvalue weighted by Gasteiger charge is -2.43. The number of imide groups is 1. The normalized spacial score (nSPS) is 26.6. The van der Waals surface area contributed by atoms with E-state index in [1.165, 1.54) is 6.07 Å². The first-order valence-corrected chi connectivity index (χ1v) is 15.7. The molecule has 8 nitrogen and oxygen atoms in total. The average molecular weight is 605 g/mol. The van der Waals surface area contributed by atoms with Crippen LogP contribution in [-0.2, 0) is 19.0 Å². The van der Waals surface area contributed by atoms with E-state index in [-0.39, 0.29) is 35.8 Å². The highest BCUT2D eigenvalue weighted by Crippen LogP contribution is 2.51. The molecule has 2 aliphatic carbocycles. The lowest BCUT2D eigenvalue weighted by Crippen LogP contribution is -2.47. The smallest absolute Gasteiger partial charge is 0.455 e. The third-order valence-electron chi connectivity index (χ3n) is 9.58. The summed E-state index contributed by atoms with van der Waals surface area (Å²) < 4.78 is 11.8. The standard InChI is InChI=1S/C33H38BClN2O6/c1-42-19-22-16-25-31(33(40)37(32(25)39)23-7-3-2-4-8-23)26-18-34(41)43-29(30(22)26)13-11-21(28-9-5-6-14-36-28)15-20-10-12-24(38)17-27(20)35/h5-6,9-10,12,14-15,17,23,25-26,29,31,38,41H,2-4,7-8,11,13,16,18-19H2,1H3/b21-15-/t25-,26+,29-,31-/m1/s1. The Kier molecular flexibility index (Phi) is 9.05. The molecular weight excluding hydrogens is 567 g/mol. The first-order valence-electron chi connectivity index (χ1n) is 15.4. The molecule has 1 aromatic carbocycles. The molecule has 3 fully saturated rings. The van der Waals surface area contributed by atoms with Gasteiger partial charge in [-0.2, -0.15) is 0 Å². The van der Waals surface area contributed by atoms with Crippen LogP contribution in [0.4, 0.5) is 0 Å². The van der Waals surface area contributed by atoms with Crippen LogP contribution in [0.25, 0.3) is 11.6 Å². The predicted octanol–water partition coefficient (Wildman–Crippen LogP) is 5.54. The summed E-state index contributed by atoms with van der Waals surface area (Å²) in [6, 6.07) is 10.6. The summed E-state index contributed by atoms with van der Waals surface area (Å²) >= 11 is 6.45. The van der Waals surface area contributed by atoms with Gasteiger partial charge in [0.15, 0.2) is 0 Å². The molecule has 10 heteroatoms. The lowest BCUT2D eigenvalue weighted by atomic mass is 9.58. The molecule has 2 aromatic rings. The number of allylic oxidation sites excluding steroid dienone is 1. The molecule has 4 atom stereocenters. The van der Waals surface area contributed by atoms with E-state index >= 15 is 0 Å². The zero-order valence-corrected chi connectivity index (χ0v) is 25.2. The van der Waals surface area contributed by atoms with E-state index in [0.29, 0.717) is 30.9 Å². The number of methoxy groups -OCH3 is 1. The maximum absolute atomic E-state index is 14.0. The zero-order valence-electron chi connectivity index (χ0n) is 24.5. The summed E-state index contributed by atoms with van der Waals surface area (Å²) in [7, 11) is 0.600. The van der Waals surface area contributed by atoms with Crippen LogP contribution in [-0.4, -0.2) is 64.8 Å². The molecule has 4 aliphatic rings. The number of hydrogen-bond acceptors (Lipinski definition) is 7. The second-order valence-corrected chi connectivity index (χ2v) is 12.6. The van der Waals surface area contributed by atoms with Crippen LogP contribution >= 0.6 is 11.6 Å². The number of carbonyl (C=O) groups is 2. The second-order valence-electron chi connectivity index (χ2n) is 12.2. The van der Waals surface area contributed by atoms with Gasteiger partial charge < -0.3 is 19.5 Å². The van der Waals surface area contributed by atoms with Crippen molar-refractivity contribution < 1.29 is 29.1 Å². The van der Waals surface area contributed by atoms with E-state index in [2.05, 4.69) is 4.98 Å². The summed E-state index contributed by atoms with van der Waals surface area (Å²) in [4.78, 5) is 33.9. The minimum absolute atomic E-state index is 0.0213. The number of ether oxygens (including phenoxy) is 1. The van der Waals surface area contributed by atoms with Gasteiger partial charge in [-0.15, -0.1) is 0 Å². The SMILES string of the molecule is COCC1=C2[C@@H](CC/C(=C/c3ccc(O)cc3Cl)c3ccccn3)OB(O)C[C@@H]2[C@@H]2C(=O)N(C3CCCCC3)C(=O)[C@@H]2C1. The van der Waals surface area contributed by atoms with E-state index in [1.807, 2.05) is 24.3 Å². The van der Waals surface area contributed by atoms with Crippen molar-refractivity contribution >= 4 is 42.2 Å². The number of carbonyl (C=O) groups excluding carboxylic acids is 2. The van der Waals surface area contributed by atoms with Crippen LogP contribution in [0.5, 0.6) is 5.75 Å². The van der Waals surface area contributed by atoms with Crippen LogP contribution < -0.4 is 0 Å². The number of benzene rings is 1. The van der Waals surface area contributed by atoms with Crippen molar-refractivity contribution in [1.29, 1.82) is 0 Å². The Hall–Kier alpha value is -2.98. The molecule has 1 aromatic heterocycles. The van der Waals surface area contributed by atoms with Crippen molar-refractivity contribution in [3.8, 4) is 5.75 Å². The van der Waals surface area contributed by atoms with E-state index in [9.17, 15) is 19.7 Å². The summed E-state index contributed by atoms with van der Waals surface area (Å²) in [5.74, 6) is -1.22. The van der Waals surface area contributed by atoms with Crippen LogP contribution in [0.2, 0.25) is 11.3 Å². The Bertz CT molecular complexity index is 1430. The number of rotatable bonds is 8. The van der Waals surface area contributed by atoms with E-state index < -0.39 is 25.1 Å². The number of aromatic nitrogens is 1. The Morgan fingerprint density at radius 1 is 1.16 bits per heavy atom. The van der Waals surface area contributed by atoms with E-state index in [0.717, 1.165) is 60.1 Å². The molecule has 2 N–H and O–H groups in total. The molecule has 2 aliphatic heterocycles. The monoisotopic (exact) mass is 604 g/mol. The maximum Gasteiger partial charge on any atom is 0.455 e. The number of amides is 2. The topological polar surface area (TPSA) is 109 Å².